The maximum Gasteiger partial charge on any atom is 0.341 e. The predicted molar refractivity (Wildman–Crippen MR) is 53.6 cm³/mol. The minimum Gasteiger partial charge on any atom is -0.488 e. The summed E-state index contributed by atoms with van der Waals surface area (Å²) in [6, 6.07) is 0. The van der Waals surface area contributed by atoms with Gasteiger partial charge in [0, 0.05) is 0 Å². The molecule has 3 heteroatoms. The summed E-state index contributed by atoms with van der Waals surface area (Å²) in [4.78, 5) is 11.4. The molecule has 1 rings (SSSR count). The average molecular weight is 196 g/mol. The first kappa shape index (κ1) is 10.8. The van der Waals surface area contributed by atoms with Crippen molar-refractivity contribution in [3.63, 3.8) is 0 Å². The first-order valence-corrected chi connectivity index (χ1v) is 4.72. The highest BCUT2D eigenvalue weighted by Crippen LogP contribution is 2.25. The van der Waals surface area contributed by atoms with E-state index in [4.69, 9.17) is 9.47 Å². The van der Waals surface area contributed by atoms with Crippen molar-refractivity contribution in [2.45, 2.75) is 33.3 Å². The Bertz CT molecular complexity index is 298. The summed E-state index contributed by atoms with van der Waals surface area (Å²) in [5.41, 5.74) is 0.172. The molecule has 0 fully saturated rings. The van der Waals surface area contributed by atoms with Crippen molar-refractivity contribution >= 4 is 5.97 Å². The highest BCUT2D eigenvalue weighted by atomic mass is 16.5. The molecule has 78 valence electrons. The standard InChI is InChI=1S/C11H16O3/c1-5-13-10(12)9-6-7-11(3,4)14-8(9)2/h6-7H,5H2,1-4H3. The summed E-state index contributed by atoms with van der Waals surface area (Å²) in [6.07, 6.45) is 3.61. The van der Waals surface area contributed by atoms with Crippen LogP contribution in [0.4, 0.5) is 0 Å². The van der Waals surface area contributed by atoms with Gasteiger partial charge in [0.1, 0.15) is 11.4 Å². The van der Waals surface area contributed by atoms with Gasteiger partial charge >= 0.3 is 5.97 Å². The van der Waals surface area contributed by atoms with Crippen LogP contribution in [0.15, 0.2) is 23.5 Å². The van der Waals surface area contributed by atoms with Crippen LogP contribution in [0.2, 0.25) is 0 Å². The molecule has 0 unspecified atom stereocenters. The van der Waals surface area contributed by atoms with Gasteiger partial charge in [0.2, 0.25) is 0 Å². The van der Waals surface area contributed by atoms with Crippen molar-refractivity contribution < 1.29 is 14.3 Å². The Hall–Kier alpha value is -1.25. The van der Waals surface area contributed by atoms with E-state index >= 15 is 0 Å². The van der Waals surface area contributed by atoms with Gasteiger partial charge in [-0.15, -0.1) is 0 Å². The van der Waals surface area contributed by atoms with E-state index in [2.05, 4.69) is 0 Å². The smallest absolute Gasteiger partial charge is 0.341 e. The van der Waals surface area contributed by atoms with E-state index in [0.29, 0.717) is 17.9 Å². The van der Waals surface area contributed by atoms with E-state index in [1.165, 1.54) is 0 Å². The van der Waals surface area contributed by atoms with Crippen molar-refractivity contribution in [1.29, 1.82) is 0 Å². The Morgan fingerprint density at radius 2 is 2.21 bits per heavy atom. The van der Waals surface area contributed by atoms with Gasteiger partial charge in [-0.2, -0.15) is 0 Å². The number of hydrogen-bond donors (Lipinski definition) is 0. The first-order valence-electron chi connectivity index (χ1n) is 4.72. The van der Waals surface area contributed by atoms with E-state index in [9.17, 15) is 4.79 Å². The van der Waals surface area contributed by atoms with Crippen LogP contribution < -0.4 is 0 Å². The minimum absolute atomic E-state index is 0.322. The first-order chi connectivity index (χ1) is 6.46. The summed E-state index contributed by atoms with van der Waals surface area (Å²) in [5, 5.41) is 0. The fraction of sp³-hybridized carbons (Fsp3) is 0.545. The summed E-state index contributed by atoms with van der Waals surface area (Å²) in [6.45, 7) is 7.82. The zero-order valence-electron chi connectivity index (χ0n) is 9.09. The Balaban J connectivity index is 2.82. The fourth-order valence-electron chi connectivity index (χ4n) is 1.31. The van der Waals surface area contributed by atoms with Crippen LogP contribution in [0, 0.1) is 0 Å². The molecule has 0 atom stereocenters. The van der Waals surface area contributed by atoms with E-state index in [1.54, 1.807) is 19.9 Å². The predicted octanol–water partition coefficient (Wildman–Crippen LogP) is 2.19. The molecule has 14 heavy (non-hydrogen) atoms. The molecule has 1 aliphatic heterocycles. The molecular formula is C11H16O3. The molecule has 0 aromatic carbocycles. The van der Waals surface area contributed by atoms with Crippen molar-refractivity contribution in [2.24, 2.45) is 0 Å². The van der Waals surface area contributed by atoms with Gasteiger partial charge in [0.05, 0.1) is 12.2 Å². The Kier molecular flexibility index (Phi) is 2.99. The van der Waals surface area contributed by atoms with Crippen molar-refractivity contribution in [1.82, 2.24) is 0 Å². The molecule has 3 nitrogen and oxygen atoms in total. The normalized spacial score (nSPS) is 19.1. The molecule has 0 N–H and O–H groups in total. The monoisotopic (exact) mass is 196 g/mol. The lowest BCUT2D eigenvalue weighted by atomic mass is 10.0. The molecule has 0 amide bonds. The lowest BCUT2D eigenvalue weighted by Crippen LogP contribution is -2.25. The third-order valence-corrected chi connectivity index (χ3v) is 1.94. The third-order valence-electron chi connectivity index (χ3n) is 1.94. The maximum absolute atomic E-state index is 11.4. The van der Waals surface area contributed by atoms with Crippen molar-refractivity contribution in [3.8, 4) is 0 Å². The SMILES string of the molecule is CCOC(=O)C1=C(C)OC(C)(C)C=C1. The van der Waals surface area contributed by atoms with Gasteiger partial charge in [0.25, 0.3) is 0 Å². The molecule has 0 aliphatic carbocycles. The van der Waals surface area contributed by atoms with Gasteiger partial charge in [-0.25, -0.2) is 4.79 Å². The number of carbonyl (C=O) groups is 1. The highest BCUT2D eigenvalue weighted by Gasteiger charge is 2.24. The molecule has 0 bridgehead atoms. The van der Waals surface area contributed by atoms with Gasteiger partial charge in [-0.05, 0) is 39.8 Å². The molecule has 0 saturated heterocycles. The third kappa shape index (κ3) is 2.37. The minimum atomic E-state index is -0.333. The van der Waals surface area contributed by atoms with Crippen LogP contribution in [-0.2, 0) is 14.3 Å². The summed E-state index contributed by atoms with van der Waals surface area (Å²) >= 11 is 0. The van der Waals surface area contributed by atoms with Crippen LogP contribution in [0.3, 0.4) is 0 Å². The van der Waals surface area contributed by atoms with Crippen molar-refractivity contribution in [2.75, 3.05) is 6.61 Å². The van der Waals surface area contributed by atoms with Crippen LogP contribution in [0.5, 0.6) is 0 Å². The Morgan fingerprint density at radius 1 is 1.57 bits per heavy atom. The van der Waals surface area contributed by atoms with E-state index in [1.807, 2.05) is 19.9 Å². The summed E-state index contributed by atoms with van der Waals surface area (Å²) in [5.74, 6) is 0.299. The van der Waals surface area contributed by atoms with Gasteiger partial charge in [-0.1, -0.05) is 0 Å². The van der Waals surface area contributed by atoms with Crippen molar-refractivity contribution in [3.05, 3.63) is 23.5 Å². The number of allylic oxidation sites excluding steroid dienone is 1. The zero-order valence-corrected chi connectivity index (χ0v) is 9.09. The number of carbonyl (C=O) groups excluding carboxylic acids is 1. The highest BCUT2D eigenvalue weighted by molar-refractivity contribution is 5.92. The molecule has 0 aromatic heterocycles. The second-order valence-electron chi connectivity index (χ2n) is 3.73. The van der Waals surface area contributed by atoms with E-state index in [-0.39, 0.29) is 11.6 Å². The number of esters is 1. The van der Waals surface area contributed by atoms with Crippen LogP contribution in [0.25, 0.3) is 0 Å². The summed E-state index contributed by atoms with van der Waals surface area (Å²) < 4.78 is 10.4. The molecule has 0 saturated carbocycles. The quantitative estimate of drug-likeness (QED) is 0.635. The largest absolute Gasteiger partial charge is 0.488 e. The van der Waals surface area contributed by atoms with E-state index in [0.717, 1.165) is 0 Å². The molecule has 1 heterocycles. The van der Waals surface area contributed by atoms with Gasteiger partial charge < -0.3 is 9.47 Å². The van der Waals surface area contributed by atoms with Crippen LogP contribution >= 0.6 is 0 Å². The van der Waals surface area contributed by atoms with Crippen LogP contribution in [-0.4, -0.2) is 18.2 Å². The molecule has 0 aromatic rings. The van der Waals surface area contributed by atoms with Gasteiger partial charge in [0.15, 0.2) is 0 Å². The molecule has 0 spiro atoms. The zero-order chi connectivity index (χ0) is 10.8. The van der Waals surface area contributed by atoms with Crippen LogP contribution in [0.1, 0.15) is 27.7 Å². The lowest BCUT2D eigenvalue weighted by Gasteiger charge is -2.27. The van der Waals surface area contributed by atoms with E-state index < -0.39 is 0 Å². The number of ether oxygens (including phenoxy) is 2. The summed E-state index contributed by atoms with van der Waals surface area (Å²) in [7, 11) is 0. The number of rotatable bonds is 2. The fourth-order valence-corrected chi connectivity index (χ4v) is 1.31. The topological polar surface area (TPSA) is 35.5 Å². The second-order valence-corrected chi connectivity index (χ2v) is 3.73. The average Bonchev–Trinajstić information content (AvgIpc) is 2.02. The Morgan fingerprint density at radius 3 is 2.71 bits per heavy atom. The molecular weight excluding hydrogens is 180 g/mol. The van der Waals surface area contributed by atoms with Gasteiger partial charge in [-0.3, -0.25) is 0 Å². The maximum atomic E-state index is 11.4. The lowest BCUT2D eigenvalue weighted by molar-refractivity contribution is -0.138. The molecule has 1 aliphatic rings. The molecule has 0 radical (unpaired) electrons. The Labute approximate surface area is 84.4 Å². The number of hydrogen-bond acceptors (Lipinski definition) is 3. The second kappa shape index (κ2) is 3.86.